The molecule has 3 fully saturated rings. The van der Waals surface area contributed by atoms with Crippen molar-refractivity contribution in [3.8, 4) is 11.5 Å². The molecule has 0 aromatic heterocycles. The highest BCUT2D eigenvalue weighted by Crippen LogP contribution is 2.64. The standard InChI is InChI=1S/C40H34ClN3O6/c1-22-13-15-25(16-14-22)42-44-37(47)30-21-29-27(17-18-28-33(29)38(48)43(36(28)46)26-11-7-4-8-12-26)34(23-19-31(41)35(45)32(20-23)50-2)40(30,39(44)49)24-9-5-3-6-10-24/h3-17,19-20,28-30,33-34,42,45H,18,21H2,1-2H3/t28-,29+,30-,33-,34-,40+/m0/s1. The summed E-state index contributed by atoms with van der Waals surface area (Å²) in [7, 11) is 1.41. The largest absolute Gasteiger partial charge is 0.503 e. The van der Waals surface area contributed by atoms with Gasteiger partial charge in [-0.25, -0.2) is 0 Å². The van der Waals surface area contributed by atoms with E-state index in [4.69, 9.17) is 16.3 Å². The van der Waals surface area contributed by atoms with Crippen LogP contribution in [0.2, 0.25) is 5.02 Å². The van der Waals surface area contributed by atoms with Crippen molar-refractivity contribution in [3.63, 3.8) is 0 Å². The van der Waals surface area contributed by atoms with E-state index >= 15 is 4.79 Å². The zero-order chi connectivity index (χ0) is 34.9. The number of rotatable bonds is 6. The molecule has 2 saturated heterocycles. The fraction of sp³-hybridized carbons (Fsp3) is 0.250. The lowest BCUT2D eigenvalue weighted by Gasteiger charge is -2.50. The monoisotopic (exact) mass is 687 g/mol. The van der Waals surface area contributed by atoms with Crippen molar-refractivity contribution < 1.29 is 29.0 Å². The zero-order valence-corrected chi connectivity index (χ0v) is 28.1. The first-order valence-corrected chi connectivity index (χ1v) is 17.0. The Bertz CT molecular complexity index is 2090. The second-order valence-electron chi connectivity index (χ2n) is 13.5. The van der Waals surface area contributed by atoms with E-state index in [0.29, 0.717) is 22.5 Å². The number of hydrazine groups is 1. The first-order chi connectivity index (χ1) is 24.2. The van der Waals surface area contributed by atoms with Crippen LogP contribution in [0.4, 0.5) is 11.4 Å². The molecule has 2 heterocycles. The third-order valence-corrected chi connectivity index (χ3v) is 11.3. The third-order valence-electron chi connectivity index (χ3n) is 11.0. The summed E-state index contributed by atoms with van der Waals surface area (Å²) in [6.45, 7) is 1.95. The van der Waals surface area contributed by atoms with Crippen LogP contribution in [0.1, 0.15) is 35.4 Å². The molecule has 2 N–H and O–H groups in total. The predicted molar refractivity (Wildman–Crippen MR) is 187 cm³/mol. The number of benzene rings is 4. The number of ether oxygens (including phenoxy) is 1. The van der Waals surface area contributed by atoms with Gasteiger partial charge in [-0.05, 0) is 73.2 Å². The van der Waals surface area contributed by atoms with Gasteiger partial charge in [-0.15, -0.1) is 0 Å². The third kappa shape index (κ3) is 4.53. The Kier molecular flexibility index (Phi) is 7.56. The maximum absolute atomic E-state index is 15.3. The number of nitrogens with zero attached hydrogens (tertiary/aromatic N) is 2. The number of fused-ring (bicyclic) bond motifs is 4. The molecule has 0 unspecified atom stereocenters. The van der Waals surface area contributed by atoms with Gasteiger partial charge in [0.1, 0.15) is 0 Å². The van der Waals surface area contributed by atoms with Gasteiger partial charge < -0.3 is 9.84 Å². The van der Waals surface area contributed by atoms with Gasteiger partial charge in [-0.2, -0.15) is 5.01 Å². The fourth-order valence-corrected chi connectivity index (χ4v) is 9.09. The van der Waals surface area contributed by atoms with Crippen molar-refractivity contribution in [3.05, 3.63) is 130 Å². The number of anilines is 2. The van der Waals surface area contributed by atoms with Crippen molar-refractivity contribution in [1.82, 2.24) is 5.01 Å². The average molecular weight is 688 g/mol. The lowest BCUT2D eigenvalue weighted by Crippen LogP contribution is -2.53. The molecule has 8 rings (SSSR count). The number of aryl methyl sites for hydroxylation is 1. The van der Waals surface area contributed by atoms with Crippen LogP contribution in [0, 0.1) is 30.6 Å². The summed E-state index contributed by atoms with van der Waals surface area (Å²) in [6.07, 6.45) is 2.44. The van der Waals surface area contributed by atoms with E-state index in [9.17, 15) is 19.5 Å². The van der Waals surface area contributed by atoms with Crippen LogP contribution in [0.25, 0.3) is 0 Å². The molecule has 4 aromatic carbocycles. The summed E-state index contributed by atoms with van der Waals surface area (Å²) in [5, 5.41) is 11.9. The van der Waals surface area contributed by atoms with Gasteiger partial charge in [-0.3, -0.25) is 29.5 Å². The van der Waals surface area contributed by atoms with E-state index in [1.54, 1.807) is 36.4 Å². The van der Waals surface area contributed by atoms with Gasteiger partial charge in [0, 0.05) is 5.92 Å². The Balaban J connectivity index is 1.35. The molecule has 50 heavy (non-hydrogen) atoms. The van der Waals surface area contributed by atoms with E-state index in [-0.39, 0.29) is 41.2 Å². The Hall–Kier alpha value is -5.41. The number of hydrogen-bond acceptors (Lipinski definition) is 7. The smallest absolute Gasteiger partial charge is 0.260 e. The summed E-state index contributed by atoms with van der Waals surface area (Å²) in [4.78, 5) is 59.6. The van der Waals surface area contributed by atoms with E-state index in [2.05, 4.69) is 5.43 Å². The van der Waals surface area contributed by atoms with Crippen LogP contribution in [0.5, 0.6) is 11.5 Å². The highest BCUT2D eigenvalue weighted by Gasteiger charge is 2.70. The molecule has 9 nitrogen and oxygen atoms in total. The summed E-state index contributed by atoms with van der Waals surface area (Å²) < 4.78 is 5.53. The summed E-state index contributed by atoms with van der Waals surface area (Å²) in [6, 6.07) is 28.8. The SMILES string of the molecule is COc1cc([C@H]2C3=CC[C@@H]4C(=O)N(c5ccccc5)C(=O)[C@@H]4[C@@H]3C[C@H]3C(=O)N(Nc4ccc(C)cc4)C(=O)[C@@]23c2ccccc2)cc(Cl)c1O. The van der Waals surface area contributed by atoms with Crippen molar-refractivity contribution >= 4 is 46.6 Å². The molecule has 2 aliphatic carbocycles. The molecule has 0 bridgehead atoms. The summed E-state index contributed by atoms with van der Waals surface area (Å²) in [5.74, 6) is -5.25. The number of aromatic hydroxyl groups is 1. The summed E-state index contributed by atoms with van der Waals surface area (Å²) in [5.41, 5.74) is 5.67. The van der Waals surface area contributed by atoms with Gasteiger partial charge >= 0.3 is 0 Å². The number of carbonyl (C=O) groups excluding carboxylic acids is 4. The normalized spacial score (nSPS) is 27.1. The molecule has 4 amide bonds. The number of hydrogen-bond donors (Lipinski definition) is 2. The summed E-state index contributed by atoms with van der Waals surface area (Å²) >= 11 is 6.63. The highest BCUT2D eigenvalue weighted by atomic mass is 35.5. The van der Waals surface area contributed by atoms with Crippen LogP contribution in [0.15, 0.2) is 109 Å². The van der Waals surface area contributed by atoms with Crippen molar-refractivity contribution in [2.75, 3.05) is 17.4 Å². The van der Waals surface area contributed by atoms with Gasteiger partial charge in [-0.1, -0.05) is 89.5 Å². The van der Waals surface area contributed by atoms with Crippen LogP contribution in [0.3, 0.4) is 0 Å². The van der Waals surface area contributed by atoms with Crippen LogP contribution in [-0.2, 0) is 24.6 Å². The molecular formula is C40H34ClN3O6. The number of para-hydroxylation sites is 1. The Morgan fingerprint density at radius 2 is 1.54 bits per heavy atom. The number of phenols is 1. The number of imide groups is 2. The number of nitrogens with one attached hydrogen (secondary N) is 1. The number of amides is 4. The number of halogens is 1. The molecule has 252 valence electrons. The van der Waals surface area contributed by atoms with Crippen molar-refractivity contribution in [2.24, 2.45) is 23.7 Å². The molecule has 2 aliphatic heterocycles. The molecule has 10 heteroatoms. The first-order valence-electron chi connectivity index (χ1n) is 16.6. The van der Waals surface area contributed by atoms with E-state index in [0.717, 1.165) is 16.1 Å². The highest BCUT2D eigenvalue weighted by molar-refractivity contribution is 6.32. The maximum Gasteiger partial charge on any atom is 0.260 e. The van der Waals surface area contributed by atoms with Gasteiger partial charge in [0.15, 0.2) is 11.5 Å². The molecule has 6 atom stereocenters. The van der Waals surface area contributed by atoms with Crippen LogP contribution < -0.4 is 15.1 Å². The average Bonchev–Trinajstić information content (AvgIpc) is 3.51. The predicted octanol–water partition coefficient (Wildman–Crippen LogP) is 6.55. The van der Waals surface area contributed by atoms with Gasteiger partial charge in [0.05, 0.1) is 46.7 Å². The van der Waals surface area contributed by atoms with Gasteiger partial charge in [0.25, 0.3) is 11.8 Å². The molecule has 0 radical (unpaired) electrons. The van der Waals surface area contributed by atoms with Gasteiger partial charge in [0.2, 0.25) is 11.8 Å². The van der Waals surface area contributed by atoms with E-state index in [1.807, 2.05) is 73.7 Å². The minimum absolute atomic E-state index is 0.0179. The Morgan fingerprint density at radius 1 is 0.860 bits per heavy atom. The topological polar surface area (TPSA) is 116 Å². The van der Waals surface area contributed by atoms with E-state index < -0.39 is 46.8 Å². The Morgan fingerprint density at radius 3 is 2.22 bits per heavy atom. The van der Waals surface area contributed by atoms with Crippen LogP contribution >= 0.6 is 11.6 Å². The minimum Gasteiger partial charge on any atom is -0.503 e. The minimum atomic E-state index is -1.47. The number of phenolic OH excluding ortho intramolecular Hbond substituents is 1. The maximum atomic E-state index is 15.3. The second kappa shape index (κ2) is 11.9. The number of carbonyl (C=O) groups is 4. The van der Waals surface area contributed by atoms with Crippen molar-refractivity contribution in [2.45, 2.75) is 31.1 Å². The fourth-order valence-electron chi connectivity index (χ4n) is 8.87. The lowest BCUT2D eigenvalue weighted by molar-refractivity contribution is -0.138. The zero-order valence-electron chi connectivity index (χ0n) is 27.4. The molecule has 1 saturated carbocycles. The molecule has 0 spiro atoms. The van der Waals surface area contributed by atoms with Crippen LogP contribution in [-0.4, -0.2) is 40.9 Å². The first kappa shape index (κ1) is 31.8. The lowest BCUT2D eigenvalue weighted by atomic mass is 9.49. The van der Waals surface area contributed by atoms with Crippen molar-refractivity contribution in [1.29, 1.82) is 0 Å². The quantitative estimate of drug-likeness (QED) is 0.174. The second-order valence-corrected chi connectivity index (χ2v) is 13.9. The Labute approximate surface area is 294 Å². The molecule has 4 aromatic rings. The number of methoxy groups -OCH3 is 1. The van der Waals surface area contributed by atoms with E-state index in [1.165, 1.54) is 12.0 Å². The number of allylic oxidation sites excluding steroid dienone is 2. The molecule has 4 aliphatic rings. The molecular weight excluding hydrogens is 654 g/mol.